The lowest BCUT2D eigenvalue weighted by molar-refractivity contribution is -0.120. The highest BCUT2D eigenvalue weighted by Crippen LogP contribution is 2.33. The molecule has 3 rings (SSSR count). The second-order valence-corrected chi connectivity index (χ2v) is 7.53. The molecule has 0 aliphatic carbocycles. The van der Waals surface area contributed by atoms with Crippen LogP contribution in [0.25, 0.3) is 0 Å². The predicted octanol–water partition coefficient (Wildman–Crippen LogP) is 3.65. The summed E-state index contributed by atoms with van der Waals surface area (Å²) in [6.07, 6.45) is 0. The Hall–Kier alpha value is -1.88. The summed E-state index contributed by atoms with van der Waals surface area (Å²) in [5.74, 6) is 0.713. The van der Waals surface area contributed by atoms with Gasteiger partial charge in [0, 0.05) is 29.7 Å². The van der Waals surface area contributed by atoms with Crippen molar-refractivity contribution in [3.63, 3.8) is 0 Å². The van der Waals surface area contributed by atoms with Crippen molar-refractivity contribution in [3.8, 4) is 0 Å². The highest BCUT2D eigenvalue weighted by molar-refractivity contribution is 6.31. The van der Waals surface area contributed by atoms with E-state index in [-0.39, 0.29) is 11.9 Å². The molecule has 3 atom stereocenters. The van der Waals surface area contributed by atoms with Crippen molar-refractivity contribution >= 4 is 23.2 Å². The van der Waals surface area contributed by atoms with Gasteiger partial charge in [0.25, 0.3) is 0 Å². The molecule has 0 saturated carbocycles. The van der Waals surface area contributed by atoms with Gasteiger partial charge in [0.2, 0.25) is 5.91 Å². The topological polar surface area (TPSA) is 58.4 Å². The van der Waals surface area contributed by atoms with Crippen molar-refractivity contribution in [1.29, 1.82) is 0 Å². The monoisotopic (exact) mass is 371 g/mol. The number of halogens is 1. The lowest BCUT2D eigenvalue weighted by atomic mass is 9.89. The number of nitrogens with two attached hydrogens (primary N) is 1. The molecule has 1 amide bonds. The first-order valence-electron chi connectivity index (χ1n) is 9.05. The third-order valence-corrected chi connectivity index (χ3v) is 5.62. The van der Waals surface area contributed by atoms with Gasteiger partial charge in [-0.1, -0.05) is 48.0 Å². The number of amides is 1. The number of benzene rings is 2. The van der Waals surface area contributed by atoms with E-state index >= 15 is 0 Å². The Balaban J connectivity index is 1.70. The Morgan fingerprint density at radius 2 is 2.00 bits per heavy atom. The molecule has 4 nitrogen and oxygen atoms in total. The van der Waals surface area contributed by atoms with Crippen LogP contribution in [0.15, 0.2) is 48.5 Å². The van der Waals surface area contributed by atoms with E-state index in [0.29, 0.717) is 23.4 Å². The van der Waals surface area contributed by atoms with Crippen molar-refractivity contribution in [1.82, 2.24) is 4.90 Å². The number of carbonyl (C=O) groups excluding carboxylic acids is 1. The average molecular weight is 372 g/mol. The molecule has 0 radical (unpaired) electrons. The summed E-state index contributed by atoms with van der Waals surface area (Å²) in [6.45, 7) is 6.21. The third kappa shape index (κ3) is 4.09. The van der Waals surface area contributed by atoms with E-state index < -0.39 is 0 Å². The number of nitrogens with one attached hydrogen (secondary N) is 1. The Kier molecular flexibility index (Phi) is 5.97. The smallest absolute Gasteiger partial charge is 0.241 e. The number of likely N-dealkylation sites (tertiary alicyclic amines) is 1. The van der Waals surface area contributed by atoms with E-state index in [9.17, 15) is 4.79 Å². The van der Waals surface area contributed by atoms with Gasteiger partial charge in [-0.05, 0) is 49.6 Å². The van der Waals surface area contributed by atoms with Crippen LogP contribution in [0.5, 0.6) is 0 Å². The van der Waals surface area contributed by atoms with Crippen LogP contribution >= 0.6 is 11.6 Å². The van der Waals surface area contributed by atoms with Gasteiger partial charge in [0.15, 0.2) is 0 Å². The van der Waals surface area contributed by atoms with E-state index in [1.54, 1.807) is 6.07 Å². The minimum atomic E-state index is -0.226. The summed E-state index contributed by atoms with van der Waals surface area (Å²) in [5.41, 5.74) is 9.08. The summed E-state index contributed by atoms with van der Waals surface area (Å²) < 4.78 is 0. The molecule has 1 heterocycles. The molecule has 0 aromatic heterocycles. The maximum Gasteiger partial charge on any atom is 0.241 e. The number of anilines is 1. The lowest BCUT2D eigenvalue weighted by Gasteiger charge is -2.24. The molecule has 5 heteroatoms. The highest BCUT2D eigenvalue weighted by Gasteiger charge is 2.36. The maximum atomic E-state index is 12.8. The summed E-state index contributed by atoms with van der Waals surface area (Å²) in [6, 6.07) is 15.7. The van der Waals surface area contributed by atoms with Crippen molar-refractivity contribution in [2.24, 2.45) is 11.7 Å². The predicted molar refractivity (Wildman–Crippen MR) is 108 cm³/mol. The second-order valence-electron chi connectivity index (χ2n) is 7.09. The van der Waals surface area contributed by atoms with Crippen LogP contribution in [0, 0.1) is 12.8 Å². The van der Waals surface area contributed by atoms with E-state index in [0.717, 1.165) is 24.3 Å². The fraction of sp³-hybridized carbons (Fsp3) is 0.381. The molecule has 1 aliphatic heterocycles. The Morgan fingerprint density at radius 3 is 2.69 bits per heavy atom. The van der Waals surface area contributed by atoms with E-state index in [1.165, 1.54) is 5.56 Å². The van der Waals surface area contributed by atoms with Crippen LogP contribution < -0.4 is 11.1 Å². The van der Waals surface area contributed by atoms with Crippen LogP contribution in [0.4, 0.5) is 5.69 Å². The van der Waals surface area contributed by atoms with Crippen molar-refractivity contribution in [3.05, 3.63) is 64.7 Å². The maximum absolute atomic E-state index is 12.8. The first-order chi connectivity index (χ1) is 12.5. The minimum Gasteiger partial charge on any atom is -0.330 e. The standard InChI is InChI=1S/C21H26ClN3O/c1-14-8-9-18(22)10-20(14)24-21(26)15(2)25-12-17(11-23)19(13-25)16-6-4-3-5-7-16/h3-10,15,17,19H,11-13,23H2,1-2H3,(H,24,26)/t15?,17-,19+/m1/s1. The zero-order valence-electron chi connectivity index (χ0n) is 15.3. The largest absolute Gasteiger partial charge is 0.330 e. The van der Waals surface area contributed by atoms with Crippen LogP contribution in [-0.2, 0) is 4.79 Å². The number of hydrogen-bond acceptors (Lipinski definition) is 3. The molecule has 1 unspecified atom stereocenters. The van der Waals surface area contributed by atoms with Crippen LogP contribution in [0.1, 0.15) is 24.0 Å². The van der Waals surface area contributed by atoms with Gasteiger partial charge in [-0.3, -0.25) is 9.69 Å². The quantitative estimate of drug-likeness (QED) is 0.843. The summed E-state index contributed by atoms with van der Waals surface area (Å²) in [5, 5.41) is 3.64. The Morgan fingerprint density at radius 1 is 1.27 bits per heavy atom. The summed E-state index contributed by atoms with van der Waals surface area (Å²) in [7, 11) is 0. The molecule has 1 aliphatic rings. The zero-order valence-corrected chi connectivity index (χ0v) is 16.0. The molecule has 26 heavy (non-hydrogen) atoms. The van der Waals surface area contributed by atoms with Gasteiger partial charge >= 0.3 is 0 Å². The van der Waals surface area contributed by atoms with Crippen LogP contribution in [0.3, 0.4) is 0 Å². The molecule has 3 N–H and O–H groups in total. The van der Waals surface area contributed by atoms with Gasteiger partial charge in [-0.2, -0.15) is 0 Å². The van der Waals surface area contributed by atoms with E-state index in [1.807, 2.05) is 32.0 Å². The Bertz CT molecular complexity index is 765. The Labute approximate surface area is 160 Å². The fourth-order valence-corrected chi connectivity index (χ4v) is 3.84. The van der Waals surface area contributed by atoms with Gasteiger partial charge < -0.3 is 11.1 Å². The summed E-state index contributed by atoms with van der Waals surface area (Å²) >= 11 is 6.06. The molecule has 2 aromatic rings. The van der Waals surface area contributed by atoms with E-state index in [4.69, 9.17) is 17.3 Å². The zero-order chi connectivity index (χ0) is 18.7. The van der Waals surface area contributed by atoms with Gasteiger partial charge in [-0.15, -0.1) is 0 Å². The molecular formula is C21H26ClN3O. The van der Waals surface area contributed by atoms with Gasteiger partial charge in [0.05, 0.1) is 6.04 Å². The minimum absolute atomic E-state index is 0.0140. The number of carbonyl (C=O) groups is 1. The third-order valence-electron chi connectivity index (χ3n) is 5.38. The van der Waals surface area contributed by atoms with Crippen molar-refractivity contribution in [2.45, 2.75) is 25.8 Å². The van der Waals surface area contributed by atoms with Gasteiger partial charge in [0.1, 0.15) is 0 Å². The number of nitrogens with zero attached hydrogens (tertiary/aromatic N) is 1. The molecule has 0 spiro atoms. The molecule has 0 bridgehead atoms. The first kappa shape index (κ1) is 18.9. The molecule has 2 aromatic carbocycles. The average Bonchev–Trinajstić information content (AvgIpc) is 3.09. The number of aryl methyl sites for hydroxylation is 1. The van der Waals surface area contributed by atoms with Crippen molar-refractivity contribution < 1.29 is 4.79 Å². The first-order valence-corrected chi connectivity index (χ1v) is 9.43. The molecule has 1 saturated heterocycles. The number of rotatable bonds is 5. The highest BCUT2D eigenvalue weighted by atomic mass is 35.5. The normalized spacial score (nSPS) is 21.5. The molecule has 1 fully saturated rings. The molecular weight excluding hydrogens is 346 g/mol. The second kappa shape index (κ2) is 8.21. The van der Waals surface area contributed by atoms with Gasteiger partial charge in [-0.25, -0.2) is 0 Å². The van der Waals surface area contributed by atoms with E-state index in [2.05, 4.69) is 34.5 Å². The fourth-order valence-electron chi connectivity index (χ4n) is 3.67. The molecule has 138 valence electrons. The lowest BCUT2D eigenvalue weighted by Crippen LogP contribution is -2.41. The van der Waals surface area contributed by atoms with Crippen molar-refractivity contribution in [2.75, 3.05) is 25.0 Å². The van der Waals surface area contributed by atoms with Crippen LogP contribution in [0.2, 0.25) is 5.02 Å². The summed E-state index contributed by atoms with van der Waals surface area (Å²) in [4.78, 5) is 15.0. The van der Waals surface area contributed by atoms with Crippen LogP contribution in [-0.4, -0.2) is 36.5 Å². The number of hydrogen-bond donors (Lipinski definition) is 2. The SMILES string of the molecule is Cc1ccc(Cl)cc1NC(=O)C(C)N1C[C@@H](CN)[C@H](c2ccccc2)C1.